The fourth-order valence-electron chi connectivity index (χ4n) is 2.38. The SMILES string of the molecule is CCc1ccc(C(=O)NNC(=O)Cc2nc3ccccc3[nH]2)cc1. The van der Waals surface area contributed by atoms with Gasteiger partial charge in [0.15, 0.2) is 0 Å². The molecule has 0 saturated carbocycles. The average Bonchev–Trinajstić information content (AvgIpc) is 3.02. The van der Waals surface area contributed by atoms with Gasteiger partial charge in [-0.15, -0.1) is 0 Å². The number of H-pyrrole nitrogens is 1. The highest BCUT2D eigenvalue weighted by Crippen LogP contribution is 2.10. The molecule has 6 heteroatoms. The van der Waals surface area contributed by atoms with Crippen molar-refractivity contribution in [2.24, 2.45) is 0 Å². The highest BCUT2D eigenvalue weighted by molar-refractivity contribution is 5.95. The number of benzene rings is 2. The molecule has 0 aliphatic heterocycles. The van der Waals surface area contributed by atoms with E-state index in [1.165, 1.54) is 0 Å². The van der Waals surface area contributed by atoms with E-state index in [9.17, 15) is 9.59 Å². The number of hydrogen-bond donors (Lipinski definition) is 3. The van der Waals surface area contributed by atoms with Crippen LogP contribution in [0.3, 0.4) is 0 Å². The molecule has 0 atom stereocenters. The maximum atomic E-state index is 12.0. The minimum atomic E-state index is -0.351. The fourth-order valence-corrected chi connectivity index (χ4v) is 2.38. The molecule has 3 aromatic rings. The summed E-state index contributed by atoms with van der Waals surface area (Å²) in [6.45, 7) is 2.05. The van der Waals surface area contributed by atoms with Crippen molar-refractivity contribution in [1.82, 2.24) is 20.8 Å². The van der Waals surface area contributed by atoms with Gasteiger partial charge in [0.2, 0.25) is 5.91 Å². The van der Waals surface area contributed by atoms with E-state index in [-0.39, 0.29) is 18.2 Å². The molecule has 1 heterocycles. The first-order valence-corrected chi connectivity index (χ1v) is 7.77. The summed E-state index contributed by atoms with van der Waals surface area (Å²) in [4.78, 5) is 31.3. The largest absolute Gasteiger partial charge is 0.342 e. The van der Waals surface area contributed by atoms with Crippen LogP contribution in [0.2, 0.25) is 0 Å². The van der Waals surface area contributed by atoms with Gasteiger partial charge in [0.1, 0.15) is 5.82 Å². The van der Waals surface area contributed by atoms with Gasteiger partial charge in [-0.25, -0.2) is 4.98 Å². The lowest BCUT2D eigenvalue weighted by molar-refractivity contribution is -0.121. The number of aromatic amines is 1. The lowest BCUT2D eigenvalue weighted by Crippen LogP contribution is -2.42. The second-order valence-corrected chi connectivity index (χ2v) is 5.43. The molecule has 0 aliphatic carbocycles. The molecule has 122 valence electrons. The van der Waals surface area contributed by atoms with Gasteiger partial charge in [-0.2, -0.15) is 0 Å². The molecule has 2 aromatic carbocycles. The molecular formula is C18H18N4O2. The van der Waals surface area contributed by atoms with Crippen molar-refractivity contribution < 1.29 is 9.59 Å². The lowest BCUT2D eigenvalue weighted by Gasteiger charge is -2.07. The molecule has 3 N–H and O–H groups in total. The predicted molar refractivity (Wildman–Crippen MR) is 91.2 cm³/mol. The summed E-state index contributed by atoms with van der Waals surface area (Å²) in [7, 11) is 0. The number of carbonyl (C=O) groups excluding carboxylic acids is 2. The van der Waals surface area contributed by atoms with Gasteiger partial charge in [0, 0.05) is 5.56 Å². The van der Waals surface area contributed by atoms with Crippen molar-refractivity contribution in [2.75, 3.05) is 0 Å². The lowest BCUT2D eigenvalue weighted by atomic mass is 10.1. The quantitative estimate of drug-likeness (QED) is 0.643. The number of para-hydroxylation sites is 2. The van der Waals surface area contributed by atoms with Crippen LogP contribution in [0.15, 0.2) is 48.5 Å². The minimum Gasteiger partial charge on any atom is -0.342 e. The third-order valence-corrected chi connectivity index (χ3v) is 3.71. The number of aryl methyl sites for hydroxylation is 1. The maximum absolute atomic E-state index is 12.0. The van der Waals surface area contributed by atoms with E-state index >= 15 is 0 Å². The zero-order chi connectivity index (χ0) is 16.9. The molecule has 1 aromatic heterocycles. The first kappa shape index (κ1) is 15.7. The van der Waals surface area contributed by atoms with Gasteiger partial charge >= 0.3 is 0 Å². The van der Waals surface area contributed by atoms with Crippen LogP contribution in [-0.2, 0) is 17.6 Å². The van der Waals surface area contributed by atoms with E-state index in [1.807, 2.05) is 43.3 Å². The molecule has 0 spiro atoms. The molecule has 0 aliphatic rings. The smallest absolute Gasteiger partial charge is 0.269 e. The molecule has 24 heavy (non-hydrogen) atoms. The van der Waals surface area contributed by atoms with Crippen molar-refractivity contribution in [3.8, 4) is 0 Å². The molecule has 0 unspecified atom stereocenters. The highest BCUT2D eigenvalue weighted by atomic mass is 16.2. The van der Waals surface area contributed by atoms with Crippen LogP contribution in [-0.4, -0.2) is 21.8 Å². The van der Waals surface area contributed by atoms with Gasteiger partial charge < -0.3 is 4.98 Å². The van der Waals surface area contributed by atoms with Crippen molar-refractivity contribution in [1.29, 1.82) is 0 Å². The Morgan fingerprint density at radius 2 is 1.79 bits per heavy atom. The number of nitrogens with zero attached hydrogens (tertiary/aromatic N) is 1. The Morgan fingerprint density at radius 1 is 1.04 bits per heavy atom. The topological polar surface area (TPSA) is 86.9 Å². The Kier molecular flexibility index (Phi) is 4.56. The maximum Gasteiger partial charge on any atom is 0.269 e. The van der Waals surface area contributed by atoms with Gasteiger partial charge in [-0.1, -0.05) is 31.2 Å². The van der Waals surface area contributed by atoms with Crippen LogP contribution in [0, 0.1) is 0 Å². The number of aromatic nitrogens is 2. The summed E-state index contributed by atoms with van der Waals surface area (Å²) >= 11 is 0. The molecular weight excluding hydrogens is 304 g/mol. The van der Waals surface area contributed by atoms with Crippen LogP contribution in [0.5, 0.6) is 0 Å². The number of amides is 2. The number of rotatable bonds is 4. The molecule has 6 nitrogen and oxygen atoms in total. The second kappa shape index (κ2) is 6.95. The van der Waals surface area contributed by atoms with E-state index in [2.05, 4.69) is 20.8 Å². The van der Waals surface area contributed by atoms with Crippen LogP contribution in [0.1, 0.15) is 28.7 Å². The summed E-state index contributed by atoms with van der Waals surface area (Å²) in [6.07, 6.45) is 0.972. The van der Waals surface area contributed by atoms with E-state index < -0.39 is 0 Å². The number of imidazole rings is 1. The highest BCUT2D eigenvalue weighted by Gasteiger charge is 2.10. The van der Waals surface area contributed by atoms with Crippen molar-refractivity contribution >= 4 is 22.8 Å². The summed E-state index contributed by atoms with van der Waals surface area (Å²) in [6, 6.07) is 14.8. The van der Waals surface area contributed by atoms with Crippen LogP contribution in [0.4, 0.5) is 0 Å². The Morgan fingerprint density at radius 3 is 2.50 bits per heavy atom. The predicted octanol–water partition coefficient (Wildman–Crippen LogP) is 2.13. The zero-order valence-electron chi connectivity index (χ0n) is 13.3. The average molecular weight is 322 g/mol. The Bertz CT molecular complexity index is 835. The Balaban J connectivity index is 1.55. The van der Waals surface area contributed by atoms with Crippen LogP contribution >= 0.6 is 0 Å². The summed E-state index contributed by atoms with van der Waals surface area (Å²) in [5, 5.41) is 0. The monoisotopic (exact) mass is 322 g/mol. The molecule has 2 amide bonds. The summed E-state index contributed by atoms with van der Waals surface area (Å²) in [5.41, 5.74) is 8.14. The summed E-state index contributed by atoms with van der Waals surface area (Å²) in [5.74, 6) is -0.140. The van der Waals surface area contributed by atoms with Crippen molar-refractivity contribution in [3.63, 3.8) is 0 Å². The van der Waals surface area contributed by atoms with Gasteiger partial charge in [0.05, 0.1) is 17.5 Å². The van der Waals surface area contributed by atoms with E-state index in [4.69, 9.17) is 0 Å². The molecule has 0 fully saturated rings. The van der Waals surface area contributed by atoms with E-state index in [1.54, 1.807) is 12.1 Å². The fraction of sp³-hybridized carbons (Fsp3) is 0.167. The zero-order valence-corrected chi connectivity index (χ0v) is 13.3. The number of carbonyl (C=O) groups is 2. The van der Waals surface area contributed by atoms with E-state index in [0.29, 0.717) is 11.4 Å². The first-order chi connectivity index (χ1) is 11.7. The van der Waals surface area contributed by atoms with Crippen LogP contribution < -0.4 is 10.9 Å². The van der Waals surface area contributed by atoms with Crippen molar-refractivity contribution in [2.45, 2.75) is 19.8 Å². The van der Waals surface area contributed by atoms with Gasteiger partial charge in [-0.05, 0) is 36.2 Å². The number of fused-ring (bicyclic) bond motifs is 1. The number of hydrazine groups is 1. The standard InChI is InChI=1S/C18H18N4O2/c1-2-12-7-9-13(10-8-12)18(24)22-21-17(23)11-16-19-14-5-3-4-6-15(14)20-16/h3-10H,2,11H2,1H3,(H,19,20)(H,21,23)(H,22,24). The van der Waals surface area contributed by atoms with Gasteiger partial charge in [0.25, 0.3) is 5.91 Å². The normalized spacial score (nSPS) is 10.5. The van der Waals surface area contributed by atoms with E-state index in [0.717, 1.165) is 23.0 Å². The molecule has 0 bridgehead atoms. The Hall–Kier alpha value is -3.15. The summed E-state index contributed by atoms with van der Waals surface area (Å²) < 4.78 is 0. The molecule has 3 rings (SSSR count). The molecule has 0 saturated heterocycles. The van der Waals surface area contributed by atoms with Crippen LogP contribution in [0.25, 0.3) is 11.0 Å². The minimum absolute atomic E-state index is 0.0593. The first-order valence-electron chi connectivity index (χ1n) is 7.77. The Labute approximate surface area is 139 Å². The number of nitrogens with one attached hydrogen (secondary N) is 3. The number of hydrogen-bond acceptors (Lipinski definition) is 3. The van der Waals surface area contributed by atoms with Crippen molar-refractivity contribution in [3.05, 3.63) is 65.5 Å². The third kappa shape index (κ3) is 3.60. The third-order valence-electron chi connectivity index (χ3n) is 3.71. The second-order valence-electron chi connectivity index (χ2n) is 5.43. The molecule has 0 radical (unpaired) electrons. The van der Waals surface area contributed by atoms with Gasteiger partial charge in [-0.3, -0.25) is 20.4 Å².